The number of morpholine rings is 1. The van der Waals surface area contributed by atoms with Crippen molar-refractivity contribution >= 4 is 16.7 Å². The van der Waals surface area contributed by atoms with Gasteiger partial charge in [-0.3, -0.25) is 5.10 Å². The van der Waals surface area contributed by atoms with E-state index in [2.05, 4.69) is 54.9 Å². The lowest BCUT2D eigenvalue weighted by molar-refractivity contribution is 0.0183. The first-order valence-corrected chi connectivity index (χ1v) is 10.6. The molecule has 6 rings (SSSR count). The highest BCUT2D eigenvalue weighted by molar-refractivity contribution is 5.97. The minimum absolute atomic E-state index is 0.426. The summed E-state index contributed by atoms with van der Waals surface area (Å²) in [5, 5.41) is 25.5. The van der Waals surface area contributed by atoms with E-state index in [0.29, 0.717) is 18.1 Å². The zero-order valence-electron chi connectivity index (χ0n) is 17.3. The van der Waals surface area contributed by atoms with Gasteiger partial charge in [-0.1, -0.05) is 0 Å². The SMILES string of the molecule is CN(c1ccc(-c2ccc(-n3cccn3)c3[nH]ncc23)nn1)C1CC2COCC(C1)N2. The van der Waals surface area contributed by atoms with Crippen LogP contribution in [0.3, 0.4) is 0 Å². The minimum Gasteiger partial charge on any atom is -0.378 e. The summed E-state index contributed by atoms with van der Waals surface area (Å²) in [7, 11) is 2.11. The highest BCUT2D eigenvalue weighted by Gasteiger charge is 2.34. The summed E-state index contributed by atoms with van der Waals surface area (Å²) in [5.41, 5.74) is 3.69. The molecular formula is C22H24N8O. The van der Waals surface area contributed by atoms with Crippen LogP contribution in [-0.2, 0) is 4.74 Å². The third kappa shape index (κ3) is 3.26. The van der Waals surface area contributed by atoms with Crippen LogP contribution < -0.4 is 10.2 Å². The number of nitrogens with one attached hydrogen (secondary N) is 2. The monoisotopic (exact) mass is 416 g/mol. The maximum Gasteiger partial charge on any atom is 0.151 e. The van der Waals surface area contributed by atoms with Gasteiger partial charge in [-0.25, -0.2) is 4.68 Å². The highest BCUT2D eigenvalue weighted by atomic mass is 16.5. The summed E-state index contributed by atoms with van der Waals surface area (Å²) >= 11 is 0. The van der Waals surface area contributed by atoms with Crippen molar-refractivity contribution in [1.82, 2.24) is 35.5 Å². The molecule has 0 radical (unpaired) electrons. The quantitative estimate of drug-likeness (QED) is 0.526. The largest absolute Gasteiger partial charge is 0.378 e. The lowest BCUT2D eigenvalue weighted by atomic mass is 9.92. The van der Waals surface area contributed by atoms with Gasteiger partial charge in [0.2, 0.25) is 0 Å². The molecular weight excluding hydrogens is 392 g/mol. The number of hydrogen-bond donors (Lipinski definition) is 2. The predicted octanol–water partition coefficient (Wildman–Crippen LogP) is 2.16. The Bertz CT molecular complexity index is 1170. The zero-order valence-corrected chi connectivity index (χ0v) is 17.3. The standard InChI is InChI=1S/C22H24N8O/c1-29(16-9-14-12-31-13-15(10-16)25-14)21-6-4-19(26-27-21)17-3-5-20(30-8-2-7-24-30)22-18(17)11-23-28-22/h2-8,11,14-16,25H,9-10,12-13H2,1H3,(H,23,28). The van der Waals surface area contributed by atoms with Crippen molar-refractivity contribution in [3.8, 4) is 16.9 Å². The Hall–Kier alpha value is -3.30. The molecule has 2 saturated heterocycles. The maximum atomic E-state index is 5.67. The molecule has 4 aromatic rings. The second-order valence-corrected chi connectivity index (χ2v) is 8.35. The first-order chi connectivity index (χ1) is 15.3. The fraction of sp³-hybridized carbons (Fsp3) is 0.364. The van der Waals surface area contributed by atoms with Gasteiger partial charge in [0.25, 0.3) is 0 Å². The van der Waals surface area contributed by atoms with Crippen molar-refractivity contribution in [3.05, 3.63) is 48.9 Å². The van der Waals surface area contributed by atoms with Crippen molar-refractivity contribution in [2.75, 3.05) is 25.2 Å². The van der Waals surface area contributed by atoms with Gasteiger partial charge < -0.3 is 15.0 Å². The van der Waals surface area contributed by atoms with Crippen LogP contribution in [0.4, 0.5) is 5.82 Å². The van der Waals surface area contributed by atoms with Crippen molar-refractivity contribution in [1.29, 1.82) is 0 Å². The predicted molar refractivity (Wildman–Crippen MR) is 117 cm³/mol. The molecule has 2 bridgehead atoms. The minimum atomic E-state index is 0.426. The Labute approximate surface area is 179 Å². The Morgan fingerprint density at radius 3 is 2.71 bits per heavy atom. The van der Waals surface area contributed by atoms with Crippen LogP contribution in [0.2, 0.25) is 0 Å². The first kappa shape index (κ1) is 18.5. The molecule has 2 fully saturated rings. The molecule has 2 unspecified atom stereocenters. The van der Waals surface area contributed by atoms with Gasteiger partial charge in [-0.15, -0.1) is 10.2 Å². The number of anilines is 1. The van der Waals surface area contributed by atoms with E-state index in [1.54, 1.807) is 6.20 Å². The summed E-state index contributed by atoms with van der Waals surface area (Å²) in [6, 6.07) is 11.4. The average Bonchev–Trinajstić information content (AvgIpc) is 3.50. The van der Waals surface area contributed by atoms with E-state index in [9.17, 15) is 0 Å². The van der Waals surface area contributed by atoms with Gasteiger partial charge in [0.05, 0.1) is 36.3 Å². The molecule has 2 aliphatic heterocycles. The summed E-state index contributed by atoms with van der Waals surface area (Å²) in [6.45, 7) is 1.58. The number of benzene rings is 1. The second-order valence-electron chi connectivity index (χ2n) is 8.35. The Morgan fingerprint density at radius 1 is 1.10 bits per heavy atom. The van der Waals surface area contributed by atoms with Crippen LogP contribution in [-0.4, -0.2) is 68.6 Å². The summed E-state index contributed by atoms with van der Waals surface area (Å²) in [5.74, 6) is 0.895. The molecule has 0 spiro atoms. The Balaban J connectivity index is 1.28. The molecule has 3 aromatic heterocycles. The summed E-state index contributed by atoms with van der Waals surface area (Å²) in [4.78, 5) is 2.26. The van der Waals surface area contributed by atoms with E-state index in [-0.39, 0.29) is 0 Å². The molecule has 31 heavy (non-hydrogen) atoms. The van der Waals surface area contributed by atoms with Gasteiger partial charge in [-0.2, -0.15) is 10.2 Å². The van der Waals surface area contributed by atoms with Crippen LogP contribution in [0.5, 0.6) is 0 Å². The van der Waals surface area contributed by atoms with Crippen LogP contribution in [0.15, 0.2) is 48.9 Å². The number of fused-ring (bicyclic) bond motifs is 3. The number of H-pyrrole nitrogens is 1. The van der Waals surface area contributed by atoms with Crippen LogP contribution in [0.25, 0.3) is 27.8 Å². The van der Waals surface area contributed by atoms with Crippen LogP contribution in [0.1, 0.15) is 12.8 Å². The Kier molecular flexibility index (Phi) is 4.43. The molecule has 0 saturated carbocycles. The number of ether oxygens (including phenoxy) is 1. The first-order valence-electron chi connectivity index (χ1n) is 10.6. The topological polar surface area (TPSA) is 96.8 Å². The fourth-order valence-electron chi connectivity index (χ4n) is 4.81. The van der Waals surface area contributed by atoms with Crippen LogP contribution in [0, 0.1) is 0 Å². The van der Waals surface area contributed by atoms with Gasteiger partial charge in [0.1, 0.15) is 0 Å². The molecule has 9 heteroatoms. The molecule has 158 valence electrons. The molecule has 0 aliphatic carbocycles. The summed E-state index contributed by atoms with van der Waals surface area (Å²) < 4.78 is 7.50. The van der Waals surface area contributed by atoms with Gasteiger partial charge in [-0.05, 0) is 43.2 Å². The lowest BCUT2D eigenvalue weighted by Gasteiger charge is -2.43. The summed E-state index contributed by atoms with van der Waals surface area (Å²) in [6.07, 6.45) is 7.62. The molecule has 5 heterocycles. The third-order valence-corrected chi connectivity index (χ3v) is 6.40. The molecule has 2 N–H and O–H groups in total. The number of hydrogen-bond acceptors (Lipinski definition) is 7. The van der Waals surface area contributed by atoms with Gasteiger partial charge >= 0.3 is 0 Å². The maximum absolute atomic E-state index is 5.67. The third-order valence-electron chi connectivity index (χ3n) is 6.40. The van der Waals surface area contributed by atoms with Crippen molar-refractivity contribution in [3.63, 3.8) is 0 Å². The Morgan fingerprint density at radius 2 is 1.97 bits per heavy atom. The molecule has 9 nitrogen and oxygen atoms in total. The van der Waals surface area contributed by atoms with Gasteiger partial charge in [0, 0.05) is 48.5 Å². The molecule has 2 atom stereocenters. The number of rotatable bonds is 4. The van der Waals surface area contributed by atoms with Crippen molar-refractivity contribution in [2.45, 2.75) is 31.0 Å². The zero-order chi connectivity index (χ0) is 20.8. The van der Waals surface area contributed by atoms with Crippen molar-refractivity contribution in [2.24, 2.45) is 0 Å². The number of piperidine rings is 1. The van der Waals surface area contributed by atoms with E-state index in [4.69, 9.17) is 4.74 Å². The van der Waals surface area contributed by atoms with Crippen LogP contribution >= 0.6 is 0 Å². The lowest BCUT2D eigenvalue weighted by Crippen LogP contribution is -2.58. The molecule has 2 aliphatic rings. The fourth-order valence-corrected chi connectivity index (χ4v) is 4.81. The molecule has 1 aromatic carbocycles. The van der Waals surface area contributed by atoms with E-state index in [0.717, 1.165) is 59.7 Å². The highest BCUT2D eigenvalue weighted by Crippen LogP contribution is 2.31. The molecule has 0 amide bonds. The van der Waals surface area contributed by atoms with E-state index in [1.165, 1.54) is 0 Å². The van der Waals surface area contributed by atoms with E-state index < -0.39 is 0 Å². The normalized spacial score (nSPS) is 23.2. The number of aromatic nitrogens is 6. The van der Waals surface area contributed by atoms with Gasteiger partial charge in [0.15, 0.2) is 5.82 Å². The smallest absolute Gasteiger partial charge is 0.151 e. The number of aromatic amines is 1. The number of nitrogens with zero attached hydrogens (tertiary/aromatic N) is 6. The average molecular weight is 416 g/mol. The van der Waals surface area contributed by atoms with E-state index >= 15 is 0 Å². The van der Waals surface area contributed by atoms with E-state index in [1.807, 2.05) is 35.3 Å². The van der Waals surface area contributed by atoms with Crippen molar-refractivity contribution < 1.29 is 4.74 Å². The second kappa shape index (κ2) is 7.44.